The van der Waals surface area contributed by atoms with Crippen molar-refractivity contribution in [3.05, 3.63) is 18.0 Å². The van der Waals surface area contributed by atoms with Gasteiger partial charge in [0.25, 0.3) is 0 Å². The second-order valence-electron chi connectivity index (χ2n) is 3.94. The van der Waals surface area contributed by atoms with E-state index in [9.17, 15) is 9.59 Å². The molecule has 1 aromatic rings. The van der Waals surface area contributed by atoms with E-state index in [-0.39, 0.29) is 18.9 Å². The molecule has 0 aliphatic rings. The highest BCUT2D eigenvalue weighted by atomic mass is 16.5. The first-order valence-corrected chi connectivity index (χ1v) is 5.21. The van der Waals surface area contributed by atoms with Gasteiger partial charge in [-0.2, -0.15) is 0 Å². The number of nitrogens with two attached hydrogens (primary N) is 1. The predicted octanol–water partition coefficient (Wildman–Crippen LogP) is 0.242. The smallest absolute Gasteiger partial charge is 0.355 e. The topological polar surface area (TPSA) is 77.6 Å². The van der Waals surface area contributed by atoms with Gasteiger partial charge < -0.3 is 19.9 Å². The first-order chi connectivity index (χ1) is 7.91. The number of ether oxygens (including phenoxy) is 1. The van der Waals surface area contributed by atoms with Crippen LogP contribution in [-0.2, 0) is 16.6 Å². The molecule has 0 aromatic carbocycles. The number of aryl methyl sites for hydroxylation is 1. The number of nitrogen functional groups attached to an aromatic ring is 1. The Bertz CT molecular complexity index is 424. The third-order valence-corrected chi connectivity index (χ3v) is 2.28. The molecule has 0 unspecified atom stereocenters. The fraction of sp³-hybridized carbons (Fsp3) is 0.455. The van der Waals surface area contributed by atoms with Crippen LogP contribution in [-0.4, -0.2) is 42.0 Å². The average molecular weight is 239 g/mol. The van der Waals surface area contributed by atoms with E-state index in [1.807, 2.05) is 0 Å². The van der Waals surface area contributed by atoms with Crippen LogP contribution in [0, 0.1) is 0 Å². The van der Waals surface area contributed by atoms with Gasteiger partial charge in [-0.05, 0) is 6.07 Å². The molecule has 1 amide bonds. The minimum atomic E-state index is -0.476. The Balaban J connectivity index is 2.46. The van der Waals surface area contributed by atoms with Crippen molar-refractivity contribution in [1.82, 2.24) is 9.47 Å². The molecule has 0 saturated heterocycles. The minimum Gasteiger partial charge on any atom is -0.460 e. The first-order valence-electron chi connectivity index (χ1n) is 5.21. The van der Waals surface area contributed by atoms with Crippen molar-refractivity contribution >= 4 is 17.6 Å². The molecular formula is C11H17N3O3. The van der Waals surface area contributed by atoms with Gasteiger partial charge in [0.05, 0.1) is 12.1 Å². The number of rotatable bonds is 4. The summed E-state index contributed by atoms with van der Waals surface area (Å²) < 4.78 is 6.57. The van der Waals surface area contributed by atoms with Crippen molar-refractivity contribution < 1.29 is 14.3 Å². The van der Waals surface area contributed by atoms with Crippen molar-refractivity contribution in [3.8, 4) is 0 Å². The van der Waals surface area contributed by atoms with Crippen molar-refractivity contribution in [2.75, 3.05) is 26.4 Å². The summed E-state index contributed by atoms with van der Waals surface area (Å²) in [5, 5.41) is 0. The molecule has 1 heterocycles. The molecular weight excluding hydrogens is 222 g/mol. The Morgan fingerprint density at radius 2 is 2.12 bits per heavy atom. The van der Waals surface area contributed by atoms with Gasteiger partial charge in [-0.25, -0.2) is 4.79 Å². The Morgan fingerprint density at radius 3 is 2.59 bits per heavy atom. The van der Waals surface area contributed by atoms with Crippen LogP contribution in [0.2, 0.25) is 0 Å². The lowest BCUT2D eigenvalue weighted by Crippen LogP contribution is -2.23. The third-order valence-electron chi connectivity index (χ3n) is 2.28. The van der Waals surface area contributed by atoms with Gasteiger partial charge in [0.1, 0.15) is 12.3 Å². The monoisotopic (exact) mass is 239 g/mol. The predicted molar refractivity (Wildman–Crippen MR) is 63.4 cm³/mol. The van der Waals surface area contributed by atoms with Crippen LogP contribution in [0.25, 0.3) is 0 Å². The number of aromatic nitrogens is 1. The van der Waals surface area contributed by atoms with Crippen molar-refractivity contribution in [1.29, 1.82) is 0 Å². The number of amides is 1. The highest BCUT2D eigenvalue weighted by molar-refractivity contribution is 5.89. The molecule has 2 N–H and O–H groups in total. The summed E-state index contributed by atoms with van der Waals surface area (Å²) in [5.74, 6) is -0.556. The number of anilines is 1. The lowest BCUT2D eigenvalue weighted by molar-refractivity contribution is -0.129. The van der Waals surface area contributed by atoms with Crippen LogP contribution in [0.4, 0.5) is 5.69 Å². The van der Waals surface area contributed by atoms with Crippen LogP contribution in [0.3, 0.4) is 0 Å². The second kappa shape index (κ2) is 5.38. The molecule has 0 atom stereocenters. The van der Waals surface area contributed by atoms with Crippen molar-refractivity contribution in [2.24, 2.45) is 7.05 Å². The van der Waals surface area contributed by atoms with Gasteiger partial charge >= 0.3 is 5.97 Å². The number of nitrogens with zero attached hydrogens (tertiary/aromatic N) is 2. The van der Waals surface area contributed by atoms with Crippen molar-refractivity contribution in [3.63, 3.8) is 0 Å². The van der Waals surface area contributed by atoms with Gasteiger partial charge in [0.2, 0.25) is 5.91 Å². The molecule has 0 fully saturated rings. The van der Waals surface area contributed by atoms with Crippen LogP contribution in [0.5, 0.6) is 0 Å². The molecule has 94 valence electrons. The maximum atomic E-state index is 11.6. The van der Waals surface area contributed by atoms with E-state index in [0.717, 1.165) is 0 Å². The van der Waals surface area contributed by atoms with E-state index < -0.39 is 5.97 Å². The molecule has 0 aliphatic heterocycles. The van der Waals surface area contributed by atoms with E-state index in [1.54, 1.807) is 31.9 Å². The van der Waals surface area contributed by atoms with Gasteiger partial charge in [-0.1, -0.05) is 0 Å². The SMILES string of the molecule is CN(C)C(=O)CCOC(=O)c1cc(N)cn1C. The fourth-order valence-electron chi connectivity index (χ4n) is 1.32. The van der Waals surface area contributed by atoms with Crippen LogP contribution in [0.15, 0.2) is 12.3 Å². The van der Waals surface area contributed by atoms with Crippen molar-refractivity contribution in [2.45, 2.75) is 6.42 Å². The summed E-state index contributed by atoms with van der Waals surface area (Å²) in [6.45, 7) is 0.0704. The molecule has 0 radical (unpaired) electrons. The molecule has 0 spiro atoms. The van der Waals surface area contributed by atoms with E-state index in [4.69, 9.17) is 10.5 Å². The quantitative estimate of drug-likeness (QED) is 0.764. The van der Waals surface area contributed by atoms with E-state index in [1.165, 1.54) is 11.0 Å². The molecule has 0 bridgehead atoms. The number of carbonyl (C=O) groups is 2. The second-order valence-corrected chi connectivity index (χ2v) is 3.94. The molecule has 6 nitrogen and oxygen atoms in total. The summed E-state index contributed by atoms with van der Waals surface area (Å²) in [6.07, 6.45) is 1.81. The van der Waals surface area contributed by atoms with Gasteiger partial charge in [-0.3, -0.25) is 4.79 Å². The number of hydrogen-bond acceptors (Lipinski definition) is 4. The van der Waals surface area contributed by atoms with E-state index in [0.29, 0.717) is 11.4 Å². The third kappa shape index (κ3) is 3.51. The van der Waals surface area contributed by atoms with Gasteiger partial charge in [0.15, 0.2) is 0 Å². The maximum absolute atomic E-state index is 11.6. The lowest BCUT2D eigenvalue weighted by Gasteiger charge is -2.10. The average Bonchev–Trinajstić information content (AvgIpc) is 2.57. The maximum Gasteiger partial charge on any atom is 0.355 e. The van der Waals surface area contributed by atoms with Gasteiger partial charge in [-0.15, -0.1) is 0 Å². The minimum absolute atomic E-state index is 0.0704. The molecule has 17 heavy (non-hydrogen) atoms. The number of esters is 1. The number of hydrogen-bond donors (Lipinski definition) is 1. The summed E-state index contributed by atoms with van der Waals surface area (Å²) in [5.41, 5.74) is 6.42. The van der Waals surface area contributed by atoms with Crippen LogP contribution >= 0.6 is 0 Å². The standard InChI is InChI=1S/C11H17N3O3/c1-13(2)10(15)4-5-17-11(16)9-6-8(12)7-14(9)3/h6-7H,4-5,12H2,1-3H3. The Kier molecular flexibility index (Phi) is 4.14. The Hall–Kier alpha value is -1.98. The zero-order chi connectivity index (χ0) is 13.0. The molecule has 0 saturated carbocycles. The fourth-order valence-corrected chi connectivity index (χ4v) is 1.32. The summed E-state index contributed by atoms with van der Waals surface area (Å²) in [7, 11) is 5.02. The number of carbonyl (C=O) groups excluding carboxylic acids is 2. The largest absolute Gasteiger partial charge is 0.460 e. The zero-order valence-electron chi connectivity index (χ0n) is 10.3. The summed E-state index contributed by atoms with van der Waals surface area (Å²) >= 11 is 0. The highest BCUT2D eigenvalue weighted by Crippen LogP contribution is 2.10. The summed E-state index contributed by atoms with van der Waals surface area (Å²) in [6, 6.07) is 1.54. The highest BCUT2D eigenvalue weighted by Gasteiger charge is 2.13. The Morgan fingerprint density at radius 1 is 1.47 bits per heavy atom. The summed E-state index contributed by atoms with van der Waals surface area (Å²) in [4.78, 5) is 24.3. The van der Waals surface area contributed by atoms with Crippen LogP contribution in [0.1, 0.15) is 16.9 Å². The van der Waals surface area contributed by atoms with Crippen LogP contribution < -0.4 is 5.73 Å². The lowest BCUT2D eigenvalue weighted by atomic mass is 10.4. The van der Waals surface area contributed by atoms with E-state index in [2.05, 4.69) is 0 Å². The molecule has 1 rings (SSSR count). The first kappa shape index (κ1) is 13.1. The molecule has 6 heteroatoms. The normalized spacial score (nSPS) is 10.1. The van der Waals surface area contributed by atoms with Gasteiger partial charge in [0, 0.05) is 27.3 Å². The molecule has 0 aliphatic carbocycles. The zero-order valence-corrected chi connectivity index (χ0v) is 10.3. The Labute approximate surface area is 99.9 Å². The molecule has 1 aromatic heterocycles. The van der Waals surface area contributed by atoms with E-state index >= 15 is 0 Å².